The highest BCUT2D eigenvalue weighted by Gasteiger charge is 2.43. The number of nitrogens with two attached hydrogens (primary N) is 1. The van der Waals surface area contributed by atoms with E-state index in [0.29, 0.717) is 17.5 Å². The summed E-state index contributed by atoms with van der Waals surface area (Å²) in [7, 11) is -3.58. The van der Waals surface area contributed by atoms with Gasteiger partial charge < -0.3 is 5.73 Å². The van der Waals surface area contributed by atoms with Crippen LogP contribution in [0.15, 0.2) is 24.3 Å². The van der Waals surface area contributed by atoms with Crippen LogP contribution in [0.25, 0.3) is 0 Å². The molecule has 0 saturated carbocycles. The summed E-state index contributed by atoms with van der Waals surface area (Å²) in [5, 5.41) is 9.02. The molecule has 0 radical (unpaired) electrons. The van der Waals surface area contributed by atoms with Crippen LogP contribution < -0.4 is 5.73 Å². The molecule has 0 aliphatic carbocycles. The molecule has 2 rings (SSSR count). The van der Waals surface area contributed by atoms with Crippen molar-refractivity contribution in [2.75, 3.05) is 13.1 Å². The van der Waals surface area contributed by atoms with E-state index in [4.69, 9.17) is 11.0 Å². The number of amides is 1. The lowest BCUT2D eigenvalue weighted by atomic mass is 9.89. The van der Waals surface area contributed by atoms with Crippen molar-refractivity contribution in [3.8, 4) is 6.07 Å². The van der Waals surface area contributed by atoms with Gasteiger partial charge in [0.15, 0.2) is 0 Å². The lowest BCUT2D eigenvalue weighted by Crippen LogP contribution is -2.39. The molecular weight excluding hydrogens is 290 g/mol. The van der Waals surface area contributed by atoms with E-state index in [1.54, 1.807) is 31.2 Å². The fourth-order valence-corrected chi connectivity index (χ4v) is 4.08. The summed E-state index contributed by atoms with van der Waals surface area (Å²) in [4.78, 5) is 11.4. The van der Waals surface area contributed by atoms with Crippen molar-refractivity contribution in [3.63, 3.8) is 0 Å². The van der Waals surface area contributed by atoms with Gasteiger partial charge in [-0.2, -0.15) is 5.26 Å². The highest BCUT2D eigenvalue weighted by Crippen LogP contribution is 2.32. The van der Waals surface area contributed by atoms with Crippen LogP contribution in [0.1, 0.15) is 24.5 Å². The first-order valence-corrected chi connectivity index (χ1v) is 8.15. The Kier molecular flexibility index (Phi) is 4.03. The molecule has 1 heterocycles. The first-order chi connectivity index (χ1) is 9.78. The van der Waals surface area contributed by atoms with Crippen molar-refractivity contribution in [3.05, 3.63) is 35.4 Å². The van der Waals surface area contributed by atoms with Crippen LogP contribution in [-0.2, 0) is 20.6 Å². The van der Waals surface area contributed by atoms with E-state index in [1.165, 1.54) is 4.31 Å². The Balaban J connectivity index is 2.21. The second kappa shape index (κ2) is 5.47. The standard InChI is InChI=1S/C14H17N3O3S/c1-14(13(16)18)6-7-17(10-14)21(19,20)9-12-5-3-2-4-11(12)8-15/h2-5H,6-7,9-10H2,1H3,(H2,16,18). The third-order valence-electron chi connectivity index (χ3n) is 3.90. The molecule has 0 aromatic heterocycles. The van der Waals surface area contributed by atoms with Crippen molar-refractivity contribution in [2.24, 2.45) is 11.1 Å². The Morgan fingerprint density at radius 3 is 2.71 bits per heavy atom. The van der Waals surface area contributed by atoms with Gasteiger partial charge in [0.05, 0.1) is 22.8 Å². The molecular formula is C14H17N3O3S. The molecule has 1 saturated heterocycles. The Bertz CT molecular complexity index is 708. The van der Waals surface area contributed by atoms with E-state index in [-0.39, 0.29) is 18.8 Å². The topological polar surface area (TPSA) is 104 Å². The van der Waals surface area contributed by atoms with Crippen molar-refractivity contribution >= 4 is 15.9 Å². The zero-order chi connectivity index (χ0) is 15.7. The van der Waals surface area contributed by atoms with Crippen molar-refractivity contribution in [2.45, 2.75) is 19.1 Å². The predicted molar refractivity (Wildman–Crippen MR) is 77.3 cm³/mol. The van der Waals surface area contributed by atoms with Crippen molar-refractivity contribution in [1.82, 2.24) is 4.31 Å². The number of carbonyl (C=O) groups is 1. The number of hydrogen-bond acceptors (Lipinski definition) is 4. The van der Waals surface area contributed by atoms with Crippen LogP contribution in [0.5, 0.6) is 0 Å². The van der Waals surface area contributed by atoms with E-state index < -0.39 is 21.3 Å². The van der Waals surface area contributed by atoms with Gasteiger partial charge in [0, 0.05) is 13.1 Å². The summed E-state index contributed by atoms with van der Waals surface area (Å²) in [5.74, 6) is -0.733. The van der Waals surface area contributed by atoms with Crippen LogP contribution in [0.3, 0.4) is 0 Å². The van der Waals surface area contributed by atoms with Gasteiger partial charge in [0.25, 0.3) is 0 Å². The Morgan fingerprint density at radius 2 is 2.14 bits per heavy atom. The van der Waals surface area contributed by atoms with Crippen LogP contribution >= 0.6 is 0 Å². The minimum absolute atomic E-state index is 0.0966. The fourth-order valence-electron chi connectivity index (χ4n) is 2.40. The van der Waals surface area contributed by atoms with Crippen LogP contribution in [0, 0.1) is 16.7 Å². The van der Waals surface area contributed by atoms with Crippen LogP contribution in [-0.4, -0.2) is 31.7 Å². The van der Waals surface area contributed by atoms with Crippen molar-refractivity contribution < 1.29 is 13.2 Å². The number of hydrogen-bond donors (Lipinski definition) is 1. The molecule has 7 heteroatoms. The molecule has 2 N–H and O–H groups in total. The van der Waals surface area contributed by atoms with Gasteiger partial charge in [-0.1, -0.05) is 18.2 Å². The van der Waals surface area contributed by atoms with E-state index in [2.05, 4.69) is 0 Å². The summed E-state index contributed by atoms with van der Waals surface area (Å²) < 4.78 is 26.2. The van der Waals surface area contributed by atoms with E-state index >= 15 is 0 Å². The Labute approximate surface area is 124 Å². The van der Waals surface area contributed by atoms with Gasteiger partial charge >= 0.3 is 0 Å². The predicted octanol–water partition coefficient (Wildman–Crippen LogP) is 0.585. The number of benzene rings is 1. The molecule has 1 aromatic carbocycles. The molecule has 1 amide bonds. The summed E-state index contributed by atoms with van der Waals surface area (Å²) in [6, 6.07) is 8.58. The first kappa shape index (κ1) is 15.5. The van der Waals surface area contributed by atoms with E-state index in [9.17, 15) is 13.2 Å². The SMILES string of the molecule is CC1(C(N)=O)CCN(S(=O)(=O)Cc2ccccc2C#N)C1. The molecule has 1 unspecified atom stereocenters. The molecule has 21 heavy (non-hydrogen) atoms. The number of rotatable bonds is 4. The smallest absolute Gasteiger partial charge is 0.224 e. The molecule has 112 valence electrons. The van der Waals surface area contributed by atoms with Crippen molar-refractivity contribution in [1.29, 1.82) is 5.26 Å². The van der Waals surface area contributed by atoms with Gasteiger partial charge in [0.2, 0.25) is 15.9 Å². The average Bonchev–Trinajstić information content (AvgIpc) is 2.84. The van der Waals surface area contributed by atoms with E-state index in [1.807, 2.05) is 6.07 Å². The molecule has 1 fully saturated rings. The number of carbonyl (C=O) groups excluding carboxylic acids is 1. The summed E-state index contributed by atoms with van der Waals surface area (Å²) in [6.07, 6.45) is 0.418. The zero-order valence-electron chi connectivity index (χ0n) is 11.7. The van der Waals surface area contributed by atoms with Gasteiger partial charge in [0.1, 0.15) is 0 Å². The highest BCUT2D eigenvalue weighted by atomic mass is 32.2. The molecule has 1 aliphatic rings. The number of nitriles is 1. The highest BCUT2D eigenvalue weighted by molar-refractivity contribution is 7.88. The monoisotopic (exact) mass is 307 g/mol. The quantitative estimate of drug-likeness (QED) is 0.878. The number of sulfonamides is 1. The van der Waals surface area contributed by atoms with Crippen LogP contribution in [0.4, 0.5) is 0 Å². The molecule has 0 bridgehead atoms. The van der Waals surface area contributed by atoms with Gasteiger partial charge in [-0.15, -0.1) is 0 Å². The lowest BCUT2D eigenvalue weighted by Gasteiger charge is -2.21. The minimum Gasteiger partial charge on any atom is -0.369 e. The zero-order valence-corrected chi connectivity index (χ0v) is 12.6. The van der Waals surface area contributed by atoms with Gasteiger partial charge in [-0.25, -0.2) is 12.7 Å². The average molecular weight is 307 g/mol. The Hall–Kier alpha value is -1.91. The second-order valence-electron chi connectivity index (χ2n) is 5.53. The summed E-state index contributed by atoms with van der Waals surface area (Å²) in [5.41, 5.74) is 5.33. The van der Waals surface area contributed by atoms with Gasteiger partial charge in [-0.05, 0) is 25.0 Å². The Morgan fingerprint density at radius 1 is 1.48 bits per heavy atom. The van der Waals surface area contributed by atoms with E-state index in [0.717, 1.165) is 0 Å². The number of primary amides is 1. The van der Waals surface area contributed by atoms with Crippen LogP contribution in [0.2, 0.25) is 0 Å². The molecule has 1 atom stereocenters. The normalized spacial score (nSPS) is 22.9. The largest absolute Gasteiger partial charge is 0.369 e. The maximum Gasteiger partial charge on any atom is 0.224 e. The third kappa shape index (κ3) is 3.06. The summed E-state index contributed by atoms with van der Waals surface area (Å²) >= 11 is 0. The first-order valence-electron chi connectivity index (χ1n) is 6.54. The molecule has 0 spiro atoms. The third-order valence-corrected chi connectivity index (χ3v) is 5.68. The summed E-state index contributed by atoms with van der Waals surface area (Å²) in [6.45, 7) is 2.05. The second-order valence-corrected chi connectivity index (χ2v) is 7.50. The number of nitrogens with zero attached hydrogens (tertiary/aromatic N) is 2. The molecule has 1 aliphatic heterocycles. The minimum atomic E-state index is -3.58. The fraction of sp³-hybridized carbons (Fsp3) is 0.429. The maximum absolute atomic E-state index is 12.4. The van der Waals surface area contributed by atoms with Gasteiger partial charge in [-0.3, -0.25) is 4.79 Å². The maximum atomic E-state index is 12.4. The molecule has 1 aromatic rings. The lowest BCUT2D eigenvalue weighted by molar-refractivity contribution is -0.126. The molecule has 6 nitrogen and oxygen atoms in total.